The Morgan fingerprint density at radius 2 is 0.600 bits per heavy atom. The zero-order valence-electron chi connectivity index (χ0n) is 57.8. The number of carbonyl (C=O) groups is 2. The van der Waals surface area contributed by atoms with Gasteiger partial charge in [-0.05, 0) is 135 Å². The second-order valence-electron chi connectivity index (χ2n) is 24.2. The number of allylic oxidation sites excluding steroid dienone is 30. The van der Waals surface area contributed by atoms with Gasteiger partial charge in [0.1, 0.15) is 19.8 Å². The Balaban J connectivity index is 4.10. The van der Waals surface area contributed by atoms with Gasteiger partial charge >= 0.3 is 19.8 Å². The molecule has 0 aromatic rings. The summed E-state index contributed by atoms with van der Waals surface area (Å²) < 4.78 is 34.7. The molecule has 0 aliphatic rings. The van der Waals surface area contributed by atoms with Crippen LogP contribution in [0.3, 0.4) is 0 Å². The molecule has 0 aliphatic carbocycles. The van der Waals surface area contributed by atoms with Crippen LogP contribution in [0, 0.1) is 0 Å². The van der Waals surface area contributed by atoms with Gasteiger partial charge < -0.3 is 18.9 Å². The predicted octanol–water partition coefficient (Wildman–Crippen LogP) is 23.5. The standard InChI is InChI=1S/C80H130NO8P/c1-6-8-10-12-14-16-18-20-22-24-26-28-30-32-33-34-35-36-37-38-39-40-41-42-43-44-45-46-47-49-51-53-55-57-59-61-63-65-67-69-71-73-80(83)89-78(77-88-90(84,85)87-75-74-81(3,4)5)76-86-79(82)72-70-68-66-64-62-60-58-56-54-52-50-48-31-29-27-25-23-21-19-17-15-13-11-9-7-2/h8-11,14-17,20-23,26-29,32-33,35-36,38-39,41-42,48,50,54,56,60,62,78H,6-7,12-13,18-19,24-25,30-31,34,37,40,43-47,49,51-53,55,57-59,61,63-77H2,1-5H3/p+1/b10-8-,11-9-,16-14-,17-15-,22-20-,23-21-,28-26-,29-27-,33-32-,36-35-,39-38-,42-41-,50-48-,56-54-,62-60-. The summed E-state index contributed by atoms with van der Waals surface area (Å²) in [4.78, 5) is 35.9. The number of unbranched alkanes of at least 4 members (excludes halogenated alkanes) is 19. The van der Waals surface area contributed by atoms with Crippen LogP contribution < -0.4 is 0 Å². The maximum atomic E-state index is 12.9. The molecule has 508 valence electrons. The molecule has 0 amide bonds. The third kappa shape index (κ3) is 72.2. The van der Waals surface area contributed by atoms with E-state index in [-0.39, 0.29) is 26.1 Å². The number of ether oxygens (including phenoxy) is 2. The van der Waals surface area contributed by atoms with E-state index in [2.05, 4.69) is 196 Å². The van der Waals surface area contributed by atoms with Gasteiger partial charge in [-0.15, -0.1) is 0 Å². The van der Waals surface area contributed by atoms with Crippen molar-refractivity contribution in [1.82, 2.24) is 0 Å². The molecule has 0 rings (SSSR count). The fourth-order valence-corrected chi connectivity index (χ4v) is 9.81. The van der Waals surface area contributed by atoms with E-state index in [9.17, 15) is 19.0 Å². The largest absolute Gasteiger partial charge is 0.472 e. The van der Waals surface area contributed by atoms with Crippen LogP contribution in [0.25, 0.3) is 0 Å². The van der Waals surface area contributed by atoms with Crippen molar-refractivity contribution in [2.24, 2.45) is 0 Å². The van der Waals surface area contributed by atoms with Gasteiger partial charge in [-0.1, -0.05) is 292 Å². The van der Waals surface area contributed by atoms with Crippen LogP contribution in [0.1, 0.15) is 258 Å². The molecule has 0 aromatic heterocycles. The number of quaternary nitrogens is 1. The molecule has 9 nitrogen and oxygen atoms in total. The minimum Gasteiger partial charge on any atom is -0.462 e. The highest BCUT2D eigenvalue weighted by atomic mass is 31.2. The average Bonchev–Trinajstić information content (AvgIpc) is 3.62. The Morgan fingerprint density at radius 3 is 0.900 bits per heavy atom. The first kappa shape index (κ1) is 85.1. The summed E-state index contributed by atoms with van der Waals surface area (Å²) in [6.07, 6.45) is 106. The number of phosphoric ester groups is 1. The highest BCUT2D eigenvalue weighted by molar-refractivity contribution is 7.47. The first-order valence-electron chi connectivity index (χ1n) is 35.5. The van der Waals surface area contributed by atoms with Crippen molar-refractivity contribution in [3.8, 4) is 0 Å². The van der Waals surface area contributed by atoms with Gasteiger partial charge in [0.05, 0.1) is 27.7 Å². The minimum absolute atomic E-state index is 0.0175. The highest BCUT2D eigenvalue weighted by Gasteiger charge is 2.27. The SMILES string of the molecule is CC/C=C\C/C=C\C/C=C\C/C=C\C/C=C\C/C=C\C/C=C\C/C=C\CCCCCCCCCCCCCCCCCCC(=O)OC(COC(=O)CCCCC/C=C\C/C=C\C/C=C\C/C=C\C/C=C\C/C=C\C/C=C\CC)COP(=O)(O)OCC[N+](C)(C)C. The van der Waals surface area contributed by atoms with Crippen molar-refractivity contribution in [2.75, 3.05) is 47.5 Å². The van der Waals surface area contributed by atoms with Crippen LogP contribution in [0.4, 0.5) is 0 Å². The molecule has 0 radical (unpaired) electrons. The third-order valence-electron chi connectivity index (χ3n) is 14.4. The topological polar surface area (TPSA) is 108 Å². The van der Waals surface area contributed by atoms with Crippen LogP contribution in [0.2, 0.25) is 0 Å². The lowest BCUT2D eigenvalue weighted by molar-refractivity contribution is -0.870. The van der Waals surface area contributed by atoms with E-state index in [0.717, 1.165) is 135 Å². The van der Waals surface area contributed by atoms with Crippen LogP contribution in [0.15, 0.2) is 182 Å². The van der Waals surface area contributed by atoms with Crippen molar-refractivity contribution < 1.29 is 42.1 Å². The lowest BCUT2D eigenvalue weighted by Crippen LogP contribution is -2.37. The summed E-state index contributed by atoms with van der Waals surface area (Å²) in [6, 6.07) is 0. The van der Waals surface area contributed by atoms with E-state index in [4.69, 9.17) is 18.5 Å². The molecule has 2 unspecified atom stereocenters. The lowest BCUT2D eigenvalue weighted by atomic mass is 10.0. The Morgan fingerprint density at radius 1 is 0.344 bits per heavy atom. The highest BCUT2D eigenvalue weighted by Crippen LogP contribution is 2.43. The fourth-order valence-electron chi connectivity index (χ4n) is 9.07. The molecule has 10 heteroatoms. The van der Waals surface area contributed by atoms with Crippen molar-refractivity contribution >= 4 is 19.8 Å². The number of esters is 2. The quantitative estimate of drug-likeness (QED) is 0.0211. The Bertz CT molecular complexity index is 2170. The number of hydrogen-bond acceptors (Lipinski definition) is 7. The Kier molecular flexibility index (Phi) is 64.8. The van der Waals surface area contributed by atoms with Crippen molar-refractivity contribution in [3.05, 3.63) is 182 Å². The molecular weight excluding hydrogens is 1130 g/mol. The van der Waals surface area contributed by atoms with E-state index in [1.165, 1.54) is 83.5 Å². The molecular formula is C80H131NO8P+. The summed E-state index contributed by atoms with van der Waals surface area (Å²) in [6.45, 7) is 4.15. The second-order valence-corrected chi connectivity index (χ2v) is 25.6. The van der Waals surface area contributed by atoms with Gasteiger partial charge in [0, 0.05) is 12.8 Å². The summed E-state index contributed by atoms with van der Waals surface area (Å²) in [5.41, 5.74) is 0. The minimum atomic E-state index is -4.41. The fraction of sp³-hybridized carbons (Fsp3) is 0.600. The van der Waals surface area contributed by atoms with Gasteiger partial charge in [-0.25, -0.2) is 4.57 Å². The van der Waals surface area contributed by atoms with E-state index in [1.807, 2.05) is 21.1 Å². The summed E-state index contributed by atoms with van der Waals surface area (Å²) in [5.74, 6) is -0.844. The molecule has 0 aliphatic heterocycles. The Labute approximate surface area is 552 Å². The molecule has 0 aromatic carbocycles. The van der Waals surface area contributed by atoms with Gasteiger partial charge in [-0.2, -0.15) is 0 Å². The molecule has 0 bridgehead atoms. The van der Waals surface area contributed by atoms with Crippen molar-refractivity contribution in [2.45, 2.75) is 264 Å². The summed E-state index contributed by atoms with van der Waals surface area (Å²) >= 11 is 0. The van der Waals surface area contributed by atoms with Crippen molar-refractivity contribution in [3.63, 3.8) is 0 Å². The van der Waals surface area contributed by atoms with E-state index in [0.29, 0.717) is 23.9 Å². The van der Waals surface area contributed by atoms with Gasteiger partial charge in [0.25, 0.3) is 0 Å². The molecule has 0 spiro atoms. The molecule has 0 saturated carbocycles. The van der Waals surface area contributed by atoms with Crippen molar-refractivity contribution in [1.29, 1.82) is 0 Å². The average molecular weight is 1270 g/mol. The zero-order chi connectivity index (χ0) is 65.5. The van der Waals surface area contributed by atoms with Crippen LogP contribution in [-0.2, 0) is 32.7 Å². The van der Waals surface area contributed by atoms with Crippen LogP contribution in [0.5, 0.6) is 0 Å². The number of phosphoric acid groups is 1. The smallest absolute Gasteiger partial charge is 0.462 e. The van der Waals surface area contributed by atoms with Gasteiger partial charge in [-0.3, -0.25) is 18.6 Å². The van der Waals surface area contributed by atoms with E-state index >= 15 is 0 Å². The lowest BCUT2D eigenvalue weighted by Gasteiger charge is -2.24. The molecule has 0 saturated heterocycles. The number of nitrogens with zero attached hydrogens (tertiary/aromatic N) is 1. The normalized spacial score (nSPS) is 14.2. The first-order chi connectivity index (χ1) is 44.0. The molecule has 0 heterocycles. The maximum absolute atomic E-state index is 12.9. The first-order valence-corrected chi connectivity index (χ1v) is 37.0. The van der Waals surface area contributed by atoms with Gasteiger partial charge in [0.15, 0.2) is 6.10 Å². The molecule has 0 fully saturated rings. The predicted molar refractivity (Wildman–Crippen MR) is 389 cm³/mol. The monoisotopic (exact) mass is 1260 g/mol. The van der Waals surface area contributed by atoms with Crippen LogP contribution >= 0.6 is 7.82 Å². The van der Waals surface area contributed by atoms with E-state index < -0.39 is 32.5 Å². The summed E-state index contributed by atoms with van der Waals surface area (Å²) in [5, 5.41) is 0. The maximum Gasteiger partial charge on any atom is 0.472 e. The van der Waals surface area contributed by atoms with E-state index in [1.54, 1.807) is 0 Å². The number of rotatable bonds is 63. The molecule has 1 N–H and O–H groups in total. The Hall–Kier alpha value is -4.89. The number of likely N-dealkylation sites (N-methyl/N-ethyl adjacent to an activating group) is 1. The molecule has 2 atom stereocenters. The second kappa shape index (κ2) is 68.5. The number of carbonyl (C=O) groups excluding carboxylic acids is 2. The third-order valence-corrected chi connectivity index (χ3v) is 15.4. The molecule has 90 heavy (non-hydrogen) atoms. The van der Waals surface area contributed by atoms with Crippen LogP contribution in [-0.4, -0.2) is 74.9 Å². The zero-order valence-corrected chi connectivity index (χ0v) is 58.7. The summed E-state index contributed by atoms with van der Waals surface area (Å²) in [7, 11) is 1.44. The van der Waals surface area contributed by atoms with Gasteiger partial charge in [0.2, 0.25) is 0 Å². The number of hydrogen-bond donors (Lipinski definition) is 1.